The van der Waals surface area contributed by atoms with Gasteiger partial charge in [0.1, 0.15) is 6.04 Å². The first kappa shape index (κ1) is 27.4. The van der Waals surface area contributed by atoms with Crippen LogP contribution in [-0.2, 0) is 20.8 Å². The zero-order chi connectivity index (χ0) is 26.1. The van der Waals surface area contributed by atoms with E-state index in [1.54, 1.807) is 18.7 Å². The van der Waals surface area contributed by atoms with Crippen LogP contribution in [0.1, 0.15) is 57.1 Å². The van der Waals surface area contributed by atoms with Gasteiger partial charge in [0.15, 0.2) is 0 Å². The Morgan fingerprint density at radius 1 is 1.06 bits per heavy atom. The van der Waals surface area contributed by atoms with E-state index >= 15 is 0 Å². The molecule has 7 heteroatoms. The summed E-state index contributed by atoms with van der Waals surface area (Å²) < 4.78 is 0. The van der Waals surface area contributed by atoms with Gasteiger partial charge in [-0.05, 0) is 63.5 Å². The van der Waals surface area contributed by atoms with E-state index in [2.05, 4.69) is 22.8 Å². The molecule has 36 heavy (non-hydrogen) atoms. The van der Waals surface area contributed by atoms with Crippen molar-refractivity contribution >= 4 is 17.7 Å². The Kier molecular flexibility index (Phi) is 9.65. The summed E-state index contributed by atoms with van der Waals surface area (Å²) in [7, 11) is 0. The number of hydrogen-bond acceptors (Lipinski definition) is 4. The van der Waals surface area contributed by atoms with Crippen molar-refractivity contribution in [3.63, 3.8) is 0 Å². The number of hydrogen-bond donors (Lipinski definition) is 3. The minimum absolute atomic E-state index is 0.0379. The minimum atomic E-state index is -1.10. The SMILES string of the molecule is CCNC(=O)C1CN(C(=O)[C@@H](CCCc2ccccc2)NC(=O)C(C)(C)N)CCC1c1ccccc1. The molecule has 194 valence electrons. The molecule has 0 aromatic heterocycles. The number of nitrogens with two attached hydrogens (primary N) is 1. The Hall–Kier alpha value is -3.19. The highest BCUT2D eigenvalue weighted by atomic mass is 16.2. The van der Waals surface area contributed by atoms with Crippen LogP contribution >= 0.6 is 0 Å². The Morgan fingerprint density at radius 2 is 1.69 bits per heavy atom. The number of aryl methyl sites for hydroxylation is 1. The zero-order valence-corrected chi connectivity index (χ0v) is 21.7. The molecule has 0 bridgehead atoms. The predicted octanol–water partition coefficient (Wildman–Crippen LogP) is 3.00. The lowest BCUT2D eigenvalue weighted by atomic mass is 9.79. The number of benzene rings is 2. The fourth-order valence-corrected chi connectivity index (χ4v) is 4.80. The third kappa shape index (κ3) is 7.40. The first-order chi connectivity index (χ1) is 17.2. The van der Waals surface area contributed by atoms with Crippen LogP contribution in [0.15, 0.2) is 60.7 Å². The predicted molar refractivity (Wildman–Crippen MR) is 142 cm³/mol. The summed E-state index contributed by atoms with van der Waals surface area (Å²) >= 11 is 0. The molecule has 1 aliphatic rings. The van der Waals surface area contributed by atoms with Crippen molar-refractivity contribution < 1.29 is 14.4 Å². The van der Waals surface area contributed by atoms with Gasteiger partial charge in [-0.25, -0.2) is 0 Å². The lowest BCUT2D eigenvalue weighted by Crippen LogP contribution is -2.58. The summed E-state index contributed by atoms with van der Waals surface area (Å²) in [6.07, 6.45) is 2.74. The molecule has 1 heterocycles. The molecule has 0 aliphatic carbocycles. The lowest BCUT2D eigenvalue weighted by Gasteiger charge is -2.39. The molecular weight excluding hydrogens is 452 g/mol. The summed E-state index contributed by atoms with van der Waals surface area (Å²) in [6.45, 7) is 6.55. The van der Waals surface area contributed by atoms with Crippen molar-refractivity contribution in [1.29, 1.82) is 0 Å². The molecule has 3 amide bonds. The van der Waals surface area contributed by atoms with Crippen LogP contribution in [0.25, 0.3) is 0 Å². The van der Waals surface area contributed by atoms with Crippen LogP contribution in [0.5, 0.6) is 0 Å². The first-order valence-electron chi connectivity index (χ1n) is 13.0. The van der Waals surface area contributed by atoms with Gasteiger partial charge in [0.05, 0.1) is 11.5 Å². The average molecular weight is 493 g/mol. The minimum Gasteiger partial charge on any atom is -0.356 e. The molecule has 1 fully saturated rings. The van der Waals surface area contributed by atoms with Gasteiger partial charge in [-0.15, -0.1) is 0 Å². The van der Waals surface area contributed by atoms with Gasteiger partial charge >= 0.3 is 0 Å². The monoisotopic (exact) mass is 492 g/mol. The molecule has 2 unspecified atom stereocenters. The molecule has 4 N–H and O–H groups in total. The van der Waals surface area contributed by atoms with Gasteiger partial charge in [0.25, 0.3) is 0 Å². The van der Waals surface area contributed by atoms with Crippen molar-refractivity contribution in [2.75, 3.05) is 19.6 Å². The van der Waals surface area contributed by atoms with E-state index in [1.165, 1.54) is 5.56 Å². The summed E-state index contributed by atoms with van der Waals surface area (Å²) in [5.74, 6) is -0.870. The van der Waals surface area contributed by atoms with Crippen LogP contribution in [0.2, 0.25) is 0 Å². The van der Waals surface area contributed by atoms with Crippen LogP contribution in [0.3, 0.4) is 0 Å². The van der Waals surface area contributed by atoms with E-state index in [9.17, 15) is 14.4 Å². The normalized spacial score (nSPS) is 18.8. The molecule has 0 spiro atoms. The number of carbonyl (C=O) groups excluding carboxylic acids is 3. The second-order valence-corrected chi connectivity index (χ2v) is 10.2. The highest BCUT2D eigenvalue weighted by Crippen LogP contribution is 2.33. The van der Waals surface area contributed by atoms with Gasteiger partial charge in [-0.1, -0.05) is 60.7 Å². The van der Waals surface area contributed by atoms with Crippen molar-refractivity contribution in [2.24, 2.45) is 11.7 Å². The molecule has 1 aliphatic heterocycles. The maximum absolute atomic E-state index is 13.7. The van der Waals surface area contributed by atoms with Crippen molar-refractivity contribution in [2.45, 2.75) is 64.0 Å². The molecule has 0 radical (unpaired) electrons. The van der Waals surface area contributed by atoms with E-state index in [-0.39, 0.29) is 29.6 Å². The van der Waals surface area contributed by atoms with Crippen LogP contribution in [-0.4, -0.2) is 53.8 Å². The van der Waals surface area contributed by atoms with Gasteiger partial charge in [0, 0.05) is 19.6 Å². The number of amides is 3. The van der Waals surface area contributed by atoms with Crippen LogP contribution < -0.4 is 16.4 Å². The Labute approximate surface area is 214 Å². The fraction of sp³-hybridized carbons (Fsp3) is 0.483. The fourth-order valence-electron chi connectivity index (χ4n) is 4.80. The maximum atomic E-state index is 13.7. The summed E-state index contributed by atoms with van der Waals surface area (Å²) in [5.41, 5.74) is 7.22. The number of nitrogens with zero attached hydrogens (tertiary/aromatic N) is 1. The van der Waals surface area contributed by atoms with E-state index in [4.69, 9.17) is 5.73 Å². The lowest BCUT2D eigenvalue weighted by molar-refractivity contribution is -0.141. The zero-order valence-electron chi connectivity index (χ0n) is 21.7. The molecule has 2 aromatic carbocycles. The highest BCUT2D eigenvalue weighted by molar-refractivity contribution is 5.92. The summed E-state index contributed by atoms with van der Waals surface area (Å²) in [6, 6.07) is 19.4. The van der Waals surface area contributed by atoms with E-state index in [1.807, 2.05) is 55.5 Å². The number of rotatable bonds is 10. The topological polar surface area (TPSA) is 105 Å². The highest BCUT2D eigenvalue weighted by Gasteiger charge is 2.39. The summed E-state index contributed by atoms with van der Waals surface area (Å²) in [5, 5.41) is 5.84. The Morgan fingerprint density at radius 3 is 2.31 bits per heavy atom. The standard InChI is InChI=1S/C29H40N4O3/c1-4-31-26(34)24-20-33(19-18-23(24)22-15-9-6-10-16-22)27(35)25(32-28(36)29(2,3)30)17-11-14-21-12-7-5-8-13-21/h5-10,12-13,15-16,23-25H,4,11,14,17-20,30H2,1-3H3,(H,31,34)(H,32,36)/t23?,24?,25-/m1/s1. The average Bonchev–Trinajstić information content (AvgIpc) is 2.88. The summed E-state index contributed by atoms with van der Waals surface area (Å²) in [4.78, 5) is 41.2. The quantitative estimate of drug-likeness (QED) is 0.474. The van der Waals surface area contributed by atoms with Crippen molar-refractivity contribution in [3.05, 3.63) is 71.8 Å². The second kappa shape index (κ2) is 12.7. The van der Waals surface area contributed by atoms with Crippen molar-refractivity contribution in [3.8, 4) is 0 Å². The molecule has 7 nitrogen and oxygen atoms in total. The van der Waals surface area contributed by atoms with Gasteiger partial charge in [-0.3, -0.25) is 14.4 Å². The molecular formula is C29H40N4O3. The van der Waals surface area contributed by atoms with E-state index in [0.29, 0.717) is 32.5 Å². The van der Waals surface area contributed by atoms with E-state index < -0.39 is 11.6 Å². The maximum Gasteiger partial charge on any atom is 0.245 e. The van der Waals surface area contributed by atoms with Crippen LogP contribution in [0, 0.1) is 5.92 Å². The van der Waals surface area contributed by atoms with E-state index in [0.717, 1.165) is 18.4 Å². The van der Waals surface area contributed by atoms with Crippen LogP contribution in [0.4, 0.5) is 0 Å². The largest absolute Gasteiger partial charge is 0.356 e. The van der Waals surface area contributed by atoms with Gasteiger partial charge in [0.2, 0.25) is 17.7 Å². The van der Waals surface area contributed by atoms with Crippen molar-refractivity contribution in [1.82, 2.24) is 15.5 Å². The Bertz CT molecular complexity index is 1000. The third-order valence-electron chi connectivity index (χ3n) is 6.83. The molecule has 3 atom stereocenters. The Balaban J connectivity index is 1.75. The number of likely N-dealkylation sites (tertiary alicyclic amines) is 1. The third-order valence-corrected chi connectivity index (χ3v) is 6.83. The number of piperidine rings is 1. The number of nitrogens with one attached hydrogen (secondary N) is 2. The molecule has 2 aromatic rings. The molecule has 0 saturated carbocycles. The molecule has 3 rings (SSSR count). The number of carbonyl (C=O) groups is 3. The smallest absolute Gasteiger partial charge is 0.245 e. The van der Waals surface area contributed by atoms with Gasteiger partial charge < -0.3 is 21.3 Å². The van der Waals surface area contributed by atoms with Gasteiger partial charge in [-0.2, -0.15) is 0 Å². The first-order valence-corrected chi connectivity index (χ1v) is 13.0. The second-order valence-electron chi connectivity index (χ2n) is 10.2. The molecule has 1 saturated heterocycles.